The summed E-state index contributed by atoms with van der Waals surface area (Å²) in [5, 5.41) is 19.9. The molecule has 3 nitrogen and oxygen atoms in total. The van der Waals surface area contributed by atoms with Crippen LogP contribution in [0.1, 0.15) is 11.1 Å². The van der Waals surface area contributed by atoms with Crippen molar-refractivity contribution in [3.63, 3.8) is 0 Å². The lowest BCUT2D eigenvalue weighted by atomic mass is 10.1. The third-order valence-electron chi connectivity index (χ3n) is 3.13. The molecule has 0 saturated heterocycles. The van der Waals surface area contributed by atoms with Crippen LogP contribution in [0.2, 0.25) is 0 Å². The first-order chi connectivity index (χ1) is 10.2. The predicted octanol–water partition coefficient (Wildman–Crippen LogP) is 4.35. The normalized spacial score (nSPS) is 10.1. The molecule has 21 heavy (non-hydrogen) atoms. The molecule has 0 unspecified atom stereocenters. The summed E-state index contributed by atoms with van der Waals surface area (Å²) in [6.07, 6.45) is 4.40. The lowest BCUT2D eigenvalue weighted by Crippen LogP contribution is -1.95. The van der Waals surface area contributed by atoms with Gasteiger partial charge in [0.05, 0.1) is 0 Å². The van der Waals surface area contributed by atoms with Crippen LogP contribution in [0.15, 0.2) is 61.7 Å². The summed E-state index contributed by atoms with van der Waals surface area (Å²) in [4.78, 5) is 0. The van der Waals surface area contributed by atoms with Gasteiger partial charge >= 0.3 is 0 Å². The van der Waals surface area contributed by atoms with E-state index < -0.39 is 0 Å². The third kappa shape index (κ3) is 3.26. The van der Waals surface area contributed by atoms with Gasteiger partial charge in [0.2, 0.25) is 0 Å². The quantitative estimate of drug-likeness (QED) is 0.774. The van der Waals surface area contributed by atoms with Gasteiger partial charge < -0.3 is 14.9 Å². The summed E-state index contributed by atoms with van der Waals surface area (Å²) in [5.41, 5.74) is 1.33. The zero-order valence-corrected chi connectivity index (χ0v) is 11.7. The number of rotatable bonds is 6. The van der Waals surface area contributed by atoms with Crippen LogP contribution in [0.4, 0.5) is 0 Å². The zero-order chi connectivity index (χ0) is 15.2. The molecule has 0 atom stereocenters. The van der Waals surface area contributed by atoms with Gasteiger partial charge in [-0.25, -0.2) is 0 Å². The Kier molecular flexibility index (Phi) is 4.67. The fourth-order valence-corrected chi connectivity index (χ4v) is 2.12. The van der Waals surface area contributed by atoms with Gasteiger partial charge in [-0.1, -0.05) is 24.3 Å². The standard InChI is InChI=1S/C18H18O3/c1-3-7-13-15(19)9-5-11-17(13)21-18-12-6-10-16(20)14(18)8-4-2/h3-6,9-12,19-20H,1-2,7-8H2. The van der Waals surface area contributed by atoms with Crippen molar-refractivity contribution in [2.24, 2.45) is 0 Å². The number of benzene rings is 2. The molecule has 0 heterocycles. The fourth-order valence-electron chi connectivity index (χ4n) is 2.12. The van der Waals surface area contributed by atoms with Crippen LogP contribution in [0.5, 0.6) is 23.0 Å². The highest BCUT2D eigenvalue weighted by Crippen LogP contribution is 2.36. The third-order valence-corrected chi connectivity index (χ3v) is 3.13. The number of hydrogen-bond acceptors (Lipinski definition) is 3. The number of allylic oxidation sites excluding steroid dienone is 2. The molecule has 0 saturated carbocycles. The zero-order valence-electron chi connectivity index (χ0n) is 11.7. The number of phenolic OH excluding ortho intramolecular Hbond substituents is 2. The Bertz CT molecular complexity index is 602. The summed E-state index contributed by atoms with van der Waals surface area (Å²) in [6.45, 7) is 7.37. The summed E-state index contributed by atoms with van der Waals surface area (Å²) in [7, 11) is 0. The molecule has 108 valence electrons. The van der Waals surface area contributed by atoms with Gasteiger partial charge in [-0.05, 0) is 37.1 Å². The van der Waals surface area contributed by atoms with E-state index in [1.165, 1.54) is 0 Å². The number of aromatic hydroxyl groups is 2. The molecule has 0 aliphatic heterocycles. The molecular formula is C18H18O3. The number of hydrogen-bond donors (Lipinski definition) is 2. The first-order valence-corrected chi connectivity index (χ1v) is 6.68. The Hall–Kier alpha value is -2.68. The van der Waals surface area contributed by atoms with Crippen molar-refractivity contribution >= 4 is 0 Å². The van der Waals surface area contributed by atoms with Crippen molar-refractivity contribution in [3.8, 4) is 23.0 Å². The van der Waals surface area contributed by atoms with E-state index in [0.717, 1.165) is 0 Å². The summed E-state index contributed by atoms with van der Waals surface area (Å²) >= 11 is 0. The van der Waals surface area contributed by atoms with Crippen LogP contribution < -0.4 is 4.74 Å². The average molecular weight is 282 g/mol. The van der Waals surface area contributed by atoms with Gasteiger partial charge in [-0.15, -0.1) is 13.2 Å². The summed E-state index contributed by atoms with van der Waals surface area (Å²) < 4.78 is 5.89. The minimum absolute atomic E-state index is 0.165. The number of ether oxygens (including phenoxy) is 1. The Morgan fingerprint density at radius 1 is 0.810 bits per heavy atom. The molecule has 0 radical (unpaired) electrons. The molecule has 0 aliphatic carbocycles. The van der Waals surface area contributed by atoms with E-state index in [1.807, 2.05) is 0 Å². The molecule has 0 bridgehead atoms. The van der Waals surface area contributed by atoms with Crippen molar-refractivity contribution in [1.82, 2.24) is 0 Å². The molecular weight excluding hydrogens is 264 g/mol. The summed E-state index contributed by atoms with van der Waals surface area (Å²) in [5.74, 6) is 1.42. The number of phenols is 2. The average Bonchev–Trinajstić information content (AvgIpc) is 2.46. The first-order valence-electron chi connectivity index (χ1n) is 6.68. The Morgan fingerprint density at radius 3 is 1.62 bits per heavy atom. The highest BCUT2D eigenvalue weighted by Gasteiger charge is 2.12. The molecule has 2 N–H and O–H groups in total. The van der Waals surface area contributed by atoms with Crippen LogP contribution >= 0.6 is 0 Å². The Balaban J connectivity index is 2.43. The lowest BCUT2D eigenvalue weighted by Gasteiger charge is -2.14. The van der Waals surface area contributed by atoms with Gasteiger partial charge in [0.15, 0.2) is 0 Å². The van der Waals surface area contributed by atoms with Crippen molar-refractivity contribution in [1.29, 1.82) is 0 Å². The molecule has 2 aromatic rings. The van der Waals surface area contributed by atoms with E-state index in [0.29, 0.717) is 35.5 Å². The van der Waals surface area contributed by atoms with Gasteiger partial charge in [0, 0.05) is 11.1 Å². The van der Waals surface area contributed by atoms with Crippen LogP contribution in [-0.4, -0.2) is 10.2 Å². The Labute approximate surface area is 124 Å². The second-order valence-electron chi connectivity index (χ2n) is 4.60. The highest BCUT2D eigenvalue weighted by molar-refractivity contribution is 5.51. The van der Waals surface area contributed by atoms with Crippen LogP contribution in [0, 0.1) is 0 Å². The van der Waals surface area contributed by atoms with E-state index in [1.54, 1.807) is 48.6 Å². The summed E-state index contributed by atoms with van der Waals surface area (Å²) in [6, 6.07) is 10.2. The molecule has 0 spiro atoms. The van der Waals surface area contributed by atoms with E-state index >= 15 is 0 Å². The van der Waals surface area contributed by atoms with E-state index in [9.17, 15) is 10.2 Å². The van der Waals surface area contributed by atoms with Crippen LogP contribution in [0.25, 0.3) is 0 Å². The monoisotopic (exact) mass is 282 g/mol. The predicted molar refractivity (Wildman–Crippen MR) is 84.1 cm³/mol. The van der Waals surface area contributed by atoms with Gasteiger partial charge in [-0.3, -0.25) is 0 Å². The van der Waals surface area contributed by atoms with E-state index in [-0.39, 0.29) is 11.5 Å². The van der Waals surface area contributed by atoms with Crippen molar-refractivity contribution in [2.75, 3.05) is 0 Å². The first kappa shape index (κ1) is 14.7. The van der Waals surface area contributed by atoms with Crippen LogP contribution in [-0.2, 0) is 12.8 Å². The molecule has 0 amide bonds. The lowest BCUT2D eigenvalue weighted by molar-refractivity contribution is 0.433. The van der Waals surface area contributed by atoms with Crippen molar-refractivity contribution < 1.29 is 14.9 Å². The molecule has 0 aromatic heterocycles. The second-order valence-corrected chi connectivity index (χ2v) is 4.60. The SMILES string of the molecule is C=CCc1c(O)cccc1Oc1cccc(O)c1CC=C. The fraction of sp³-hybridized carbons (Fsp3) is 0.111. The van der Waals surface area contributed by atoms with Gasteiger partial charge in [-0.2, -0.15) is 0 Å². The van der Waals surface area contributed by atoms with Crippen molar-refractivity contribution in [2.45, 2.75) is 12.8 Å². The largest absolute Gasteiger partial charge is 0.508 e. The highest BCUT2D eigenvalue weighted by atomic mass is 16.5. The molecule has 2 rings (SSSR count). The molecule has 0 aliphatic rings. The maximum absolute atomic E-state index is 9.93. The molecule has 2 aromatic carbocycles. The van der Waals surface area contributed by atoms with Crippen molar-refractivity contribution in [3.05, 3.63) is 72.8 Å². The van der Waals surface area contributed by atoms with Gasteiger partial charge in [0.1, 0.15) is 23.0 Å². The van der Waals surface area contributed by atoms with E-state index in [2.05, 4.69) is 13.2 Å². The molecule has 0 fully saturated rings. The minimum atomic E-state index is 0.165. The topological polar surface area (TPSA) is 49.7 Å². The Morgan fingerprint density at radius 2 is 1.24 bits per heavy atom. The van der Waals surface area contributed by atoms with Gasteiger partial charge in [0.25, 0.3) is 0 Å². The second kappa shape index (κ2) is 6.66. The van der Waals surface area contributed by atoms with E-state index in [4.69, 9.17) is 4.74 Å². The maximum Gasteiger partial charge on any atom is 0.134 e. The van der Waals surface area contributed by atoms with Crippen LogP contribution in [0.3, 0.4) is 0 Å². The molecule has 3 heteroatoms. The smallest absolute Gasteiger partial charge is 0.134 e. The minimum Gasteiger partial charge on any atom is -0.508 e. The maximum atomic E-state index is 9.93.